The van der Waals surface area contributed by atoms with Crippen LogP contribution in [0, 0.1) is 5.92 Å². The number of aromatic nitrogens is 3. The number of piperidine rings is 1. The van der Waals surface area contributed by atoms with E-state index < -0.39 is 0 Å². The van der Waals surface area contributed by atoms with Gasteiger partial charge >= 0.3 is 0 Å². The maximum atomic E-state index is 5.76. The molecule has 2 rings (SSSR count). The molecule has 0 saturated carbocycles. The predicted octanol–water partition coefficient (Wildman–Crippen LogP) is 1.88. The minimum Gasteiger partial charge on any atom is -0.339 e. The van der Waals surface area contributed by atoms with Gasteiger partial charge in [0.15, 0.2) is 0 Å². The maximum Gasteiger partial charge on any atom is 0.244 e. The third-order valence-electron chi connectivity index (χ3n) is 3.81. The van der Waals surface area contributed by atoms with Gasteiger partial charge in [0.2, 0.25) is 5.95 Å². The largest absolute Gasteiger partial charge is 0.339 e. The molecule has 1 aromatic heterocycles. The van der Waals surface area contributed by atoms with E-state index in [1.807, 2.05) is 0 Å². The van der Waals surface area contributed by atoms with E-state index >= 15 is 0 Å². The highest BCUT2D eigenvalue weighted by Gasteiger charge is 2.22. The molecule has 18 heavy (non-hydrogen) atoms. The standard InChI is InChI=1S/C13H25N5/c1-3-5-10(2)12-15-13(17-16-12)18-7-4-6-11(8-14)9-18/h10-11H,3-9,14H2,1-2H3,(H,15,16,17). The summed E-state index contributed by atoms with van der Waals surface area (Å²) in [6.07, 6.45) is 4.75. The Hall–Kier alpha value is -1.10. The zero-order valence-electron chi connectivity index (χ0n) is 11.5. The van der Waals surface area contributed by atoms with Crippen LogP contribution in [0.4, 0.5) is 5.95 Å². The van der Waals surface area contributed by atoms with Gasteiger partial charge < -0.3 is 10.6 Å². The molecule has 1 aliphatic heterocycles. The van der Waals surface area contributed by atoms with Crippen molar-refractivity contribution in [3.05, 3.63) is 5.82 Å². The van der Waals surface area contributed by atoms with Crippen LogP contribution in [-0.4, -0.2) is 34.8 Å². The summed E-state index contributed by atoms with van der Waals surface area (Å²) in [5.41, 5.74) is 5.76. The predicted molar refractivity (Wildman–Crippen MR) is 73.7 cm³/mol. The number of aromatic amines is 1. The van der Waals surface area contributed by atoms with Crippen molar-refractivity contribution in [3.63, 3.8) is 0 Å². The summed E-state index contributed by atoms with van der Waals surface area (Å²) in [4.78, 5) is 6.90. The Morgan fingerprint density at radius 1 is 1.56 bits per heavy atom. The van der Waals surface area contributed by atoms with Crippen LogP contribution in [0.1, 0.15) is 51.3 Å². The highest BCUT2D eigenvalue weighted by Crippen LogP contribution is 2.22. The highest BCUT2D eigenvalue weighted by atomic mass is 15.4. The van der Waals surface area contributed by atoms with Gasteiger partial charge in [-0.15, -0.1) is 5.10 Å². The van der Waals surface area contributed by atoms with Crippen molar-refractivity contribution < 1.29 is 0 Å². The number of rotatable bonds is 5. The molecule has 0 aromatic carbocycles. The van der Waals surface area contributed by atoms with Gasteiger partial charge in [-0.05, 0) is 31.7 Å². The minimum absolute atomic E-state index is 0.464. The minimum atomic E-state index is 0.464. The molecule has 0 bridgehead atoms. The van der Waals surface area contributed by atoms with E-state index in [4.69, 9.17) is 5.73 Å². The first-order valence-corrected chi connectivity index (χ1v) is 7.11. The van der Waals surface area contributed by atoms with Gasteiger partial charge in [0.25, 0.3) is 0 Å². The van der Waals surface area contributed by atoms with Crippen LogP contribution in [0.25, 0.3) is 0 Å². The van der Waals surface area contributed by atoms with Crippen molar-refractivity contribution in [1.29, 1.82) is 0 Å². The van der Waals surface area contributed by atoms with E-state index in [9.17, 15) is 0 Å². The van der Waals surface area contributed by atoms with Gasteiger partial charge in [-0.2, -0.15) is 4.98 Å². The first-order chi connectivity index (χ1) is 8.74. The highest BCUT2D eigenvalue weighted by molar-refractivity contribution is 5.30. The first-order valence-electron chi connectivity index (χ1n) is 7.11. The molecule has 5 heteroatoms. The van der Waals surface area contributed by atoms with Crippen LogP contribution in [0.5, 0.6) is 0 Å². The van der Waals surface area contributed by atoms with Gasteiger partial charge in [-0.25, -0.2) is 0 Å². The summed E-state index contributed by atoms with van der Waals surface area (Å²) in [6.45, 7) is 7.21. The average Bonchev–Trinajstić information content (AvgIpc) is 2.89. The quantitative estimate of drug-likeness (QED) is 0.838. The third kappa shape index (κ3) is 3.02. The van der Waals surface area contributed by atoms with Gasteiger partial charge in [-0.1, -0.05) is 20.3 Å². The Bertz CT molecular complexity index is 362. The Kier molecular flexibility index (Phi) is 4.58. The SMILES string of the molecule is CCCC(C)c1nc(N2CCCC(CN)C2)n[nH]1. The number of hydrogen-bond donors (Lipinski definition) is 2. The molecular formula is C13H25N5. The average molecular weight is 251 g/mol. The van der Waals surface area contributed by atoms with Crippen molar-refractivity contribution in [2.24, 2.45) is 11.7 Å². The van der Waals surface area contributed by atoms with E-state index in [0.717, 1.165) is 37.8 Å². The van der Waals surface area contributed by atoms with Crippen molar-refractivity contribution >= 4 is 5.95 Å². The molecule has 2 atom stereocenters. The first kappa shape index (κ1) is 13.3. The molecule has 0 amide bonds. The summed E-state index contributed by atoms with van der Waals surface area (Å²) in [6, 6.07) is 0. The van der Waals surface area contributed by atoms with Crippen molar-refractivity contribution in [3.8, 4) is 0 Å². The lowest BCUT2D eigenvalue weighted by Crippen LogP contribution is -2.39. The molecule has 5 nitrogen and oxygen atoms in total. The second-order valence-electron chi connectivity index (χ2n) is 5.40. The van der Waals surface area contributed by atoms with Crippen LogP contribution in [0.3, 0.4) is 0 Å². The Morgan fingerprint density at radius 3 is 3.11 bits per heavy atom. The van der Waals surface area contributed by atoms with Crippen molar-refractivity contribution in [1.82, 2.24) is 15.2 Å². The Morgan fingerprint density at radius 2 is 2.39 bits per heavy atom. The molecular weight excluding hydrogens is 226 g/mol. The van der Waals surface area contributed by atoms with Gasteiger partial charge in [0.05, 0.1) is 0 Å². The number of nitrogens with one attached hydrogen (secondary N) is 1. The zero-order chi connectivity index (χ0) is 13.0. The fraction of sp³-hybridized carbons (Fsp3) is 0.846. The molecule has 102 valence electrons. The van der Waals surface area contributed by atoms with Gasteiger partial charge in [0.1, 0.15) is 5.82 Å². The molecule has 2 heterocycles. The summed E-state index contributed by atoms with van der Waals surface area (Å²) in [5.74, 6) is 2.92. The fourth-order valence-electron chi connectivity index (χ4n) is 2.64. The number of nitrogens with zero attached hydrogens (tertiary/aromatic N) is 3. The van der Waals surface area contributed by atoms with Gasteiger partial charge in [-0.3, -0.25) is 5.10 Å². The number of H-pyrrole nitrogens is 1. The number of anilines is 1. The monoisotopic (exact) mass is 251 g/mol. The van der Waals surface area contributed by atoms with Crippen molar-refractivity contribution in [2.75, 3.05) is 24.5 Å². The zero-order valence-corrected chi connectivity index (χ0v) is 11.5. The normalized spacial score (nSPS) is 22.2. The maximum absolute atomic E-state index is 5.76. The van der Waals surface area contributed by atoms with Crippen LogP contribution in [0.15, 0.2) is 0 Å². The molecule has 2 unspecified atom stereocenters. The molecule has 3 N–H and O–H groups in total. The summed E-state index contributed by atoms with van der Waals surface area (Å²) < 4.78 is 0. The topological polar surface area (TPSA) is 70.8 Å². The van der Waals surface area contributed by atoms with E-state index in [0.29, 0.717) is 11.8 Å². The second kappa shape index (κ2) is 6.18. The van der Waals surface area contributed by atoms with Crippen LogP contribution in [-0.2, 0) is 0 Å². The lowest BCUT2D eigenvalue weighted by Gasteiger charge is -2.31. The van der Waals surface area contributed by atoms with Gasteiger partial charge in [0, 0.05) is 19.0 Å². The molecule has 0 spiro atoms. The smallest absolute Gasteiger partial charge is 0.244 e. The molecule has 0 aliphatic carbocycles. The van der Waals surface area contributed by atoms with Crippen LogP contribution < -0.4 is 10.6 Å². The number of hydrogen-bond acceptors (Lipinski definition) is 4. The van der Waals surface area contributed by atoms with Crippen LogP contribution in [0.2, 0.25) is 0 Å². The summed E-state index contributed by atoms with van der Waals surface area (Å²) in [7, 11) is 0. The van der Waals surface area contributed by atoms with Crippen LogP contribution >= 0.6 is 0 Å². The summed E-state index contributed by atoms with van der Waals surface area (Å²) >= 11 is 0. The van der Waals surface area contributed by atoms with E-state index in [-0.39, 0.29) is 0 Å². The second-order valence-corrected chi connectivity index (χ2v) is 5.40. The molecule has 1 saturated heterocycles. The molecule has 0 radical (unpaired) electrons. The lowest BCUT2D eigenvalue weighted by molar-refractivity contribution is 0.419. The van der Waals surface area contributed by atoms with E-state index in [1.54, 1.807) is 0 Å². The van der Waals surface area contributed by atoms with E-state index in [2.05, 4.69) is 33.9 Å². The van der Waals surface area contributed by atoms with E-state index in [1.165, 1.54) is 19.3 Å². The Balaban J connectivity index is 2.00. The lowest BCUT2D eigenvalue weighted by atomic mass is 9.99. The van der Waals surface area contributed by atoms with Crippen molar-refractivity contribution in [2.45, 2.75) is 45.4 Å². The third-order valence-corrected chi connectivity index (χ3v) is 3.81. The molecule has 1 aliphatic rings. The fourth-order valence-corrected chi connectivity index (χ4v) is 2.64. The number of nitrogens with two attached hydrogens (primary N) is 1. The molecule has 1 fully saturated rings. The summed E-state index contributed by atoms with van der Waals surface area (Å²) in [5, 5.41) is 7.45. The molecule has 1 aromatic rings. The Labute approximate surface area is 109 Å².